The van der Waals surface area contributed by atoms with Crippen molar-refractivity contribution in [1.29, 1.82) is 0 Å². The molecule has 134 valence electrons. The molecule has 2 fully saturated rings. The molecule has 1 aromatic carbocycles. The van der Waals surface area contributed by atoms with E-state index in [-0.39, 0.29) is 5.82 Å². The largest absolute Gasteiger partial charge is 0.207 e. The van der Waals surface area contributed by atoms with Gasteiger partial charge in [0.15, 0.2) is 0 Å². The van der Waals surface area contributed by atoms with E-state index in [1.54, 1.807) is 0 Å². The lowest BCUT2D eigenvalue weighted by Gasteiger charge is -2.36. The summed E-state index contributed by atoms with van der Waals surface area (Å²) in [5.41, 5.74) is 2.18. The van der Waals surface area contributed by atoms with Gasteiger partial charge in [0.2, 0.25) is 0 Å². The van der Waals surface area contributed by atoms with Gasteiger partial charge in [0.05, 0.1) is 0 Å². The molecule has 3 rings (SSSR count). The summed E-state index contributed by atoms with van der Waals surface area (Å²) >= 11 is 0. The first kappa shape index (κ1) is 18.0. The highest BCUT2D eigenvalue weighted by molar-refractivity contribution is 5.27. The van der Waals surface area contributed by atoms with Crippen LogP contribution in [0.1, 0.15) is 101 Å². The van der Waals surface area contributed by atoms with Gasteiger partial charge >= 0.3 is 0 Å². The highest BCUT2D eigenvalue weighted by Gasteiger charge is 2.29. The van der Waals surface area contributed by atoms with E-state index in [0.717, 1.165) is 23.8 Å². The van der Waals surface area contributed by atoms with Crippen LogP contribution in [0.4, 0.5) is 4.39 Å². The molecule has 0 bridgehead atoms. The summed E-state index contributed by atoms with van der Waals surface area (Å²) in [4.78, 5) is 0. The highest BCUT2D eigenvalue weighted by Crippen LogP contribution is 2.43. The van der Waals surface area contributed by atoms with Crippen LogP contribution in [-0.2, 0) is 6.42 Å². The third-order valence-electron chi connectivity index (χ3n) is 6.66. The van der Waals surface area contributed by atoms with E-state index in [0.29, 0.717) is 5.92 Å². The van der Waals surface area contributed by atoms with Gasteiger partial charge in [0, 0.05) is 0 Å². The van der Waals surface area contributed by atoms with Gasteiger partial charge in [-0.2, -0.15) is 0 Å². The lowest BCUT2D eigenvalue weighted by molar-refractivity contribution is 0.185. The van der Waals surface area contributed by atoms with E-state index in [4.69, 9.17) is 0 Å². The monoisotopic (exact) mass is 330 g/mol. The molecule has 0 spiro atoms. The Morgan fingerprint density at radius 2 is 1.58 bits per heavy atom. The zero-order valence-electron chi connectivity index (χ0n) is 15.5. The van der Waals surface area contributed by atoms with Crippen molar-refractivity contribution in [1.82, 2.24) is 0 Å². The molecule has 0 aromatic heterocycles. The molecule has 1 heteroatoms. The zero-order valence-corrected chi connectivity index (χ0v) is 15.5. The maximum absolute atomic E-state index is 14.6. The van der Waals surface area contributed by atoms with E-state index in [1.165, 1.54) is 82.6 Å². The SMILES string of the molecule is CCCCCc1ccc(C2CCC(C3CCCCC3)CC2)c(F)c1. The topological polar surface area (TPSA) is 0 Å². The van der Waals surface area contributed by atoms with Crippen LogP contribution in [0.25, 0.3) is 0 Å². The number of rotatable bonds is 6. The Morgan fingerprint density at radius 3 is 2.25 bits per heavy atom. The molecule has 0 unspecified atom stereocenters. The molecule has 0 saturated heterocycles. The molecule has 2 saturated carbocycles. The fourth-order valence-corrected chi connectivity index (χ4v) is 5.14. The lowest BCUT2D eigenvalue weighted by atomic mass is 9.70. The minimum atomic E-state index is 0.0603. The first-order valence-electron chi connectivity index (χ1n) is 10.6. The first-order chi connectivity index (χ1) is 11.8. The summed E-state index contributed by atoms with van der Waals surface area (Å²) in [6.45, 7) is 2.22. The van der Waals surface area contributed by atoms with Gasteiger partial charge in [-0.1, -0.05) is 64.0 Å². The van der Waals surface area contributed by atoms with Crippen LogP contribution in [0.2, 0.25) is 0 Å². The van der Waals surface area contributed by atoms with Crippen LogP contribution in [0.3, 0.4) is 0 Å². The van der Waals surface area contributed by atoms with E-state index in [9.17, 15) is 4.39 Å². The number of aryl methyl sites for hydroxylation is 1. The van der Waals surface area contributed by atoms with E-state index in [1.807, 2.05) is 6.07 Å². The van der Waals surface area contributed by atoms with Crippen LogP contribution in [0.15, 0.2) is 18.2 Å². The van der Waals surface area contributed by atoms with Crippen molar-refractivity contribution in [2.45, 2.75) is 96.3 Å². The van der Waals surface area contributed by atoms with E-state index in [2.05, 4.69) is 19.1 Å². The molecule has 0 N–H and O–H groups in total. The average molecular weight is 331 g/mol. The summed E-state index contributed by atoms with van der Waals surface area (Å²) in [6, 6.07) is 6.10. The Balaban J connectivity index is 1.53. The number of hydrogen-bond donors (Lipinski definition) is 0. The van der Waals surface area contributed by atoms with Crippen LogP contribution >= 0.6 is 0 Å². The van der Waals surface area contributed by atoms with Gasteiger partial charge in [0.1, 0.15) is 5.82 Å². The Morgan fingerprint density at radius 1 is 0.875 bits per heavy atom. The third kappa shape index (κ3) is 4.61. The molecule has 2 aliphatic carbocycles. The summed E-state index contributed by atoms with van der Waals surface area (Å²) in [7, 11) is 0. The van der Waals surface area contributed by atoms with Crippen LogP contribution in [-0.4, -0.2) is 0 Å². The maximum Gasteiger partial charge on any atom is 0.126 e. The Hall–Kier alpha value is -0.850. The molecule has 24 heavy (non-hydrogen) atoms. The predicted molar refractivity (Wildman–Crippen MR) is 101 cm³/mol. The molecule has 2 aliphatic rings. The molecule has 0 radical (unpaired) electrons. The van der Waals surface area contributed by atoms with E-state index < -0.39 is 0 Å². The number of unbranched alkanes of at least 4 members (excludes halogenated alkanes) is 2. The smallest absolute Gasteiger partial charge is 0.126 e. The second-order valence-corrected chi connectivity index (χ2v) is 8.32. The van der Waals surface area contributed by atoms with Crippen molar-refractivity contribution < 1.29 is 4.39 Å². The van der Waals surface area contributed by atoms with Crippen LogP contribution in [0.5, 0.6) is 0 Å². The normalized spacial score (nSPS) is 25.8. The van der Waals surface area contributed by atoms with Gasteiger partial charge in [-0.25, -0.2) is 4.39 Å². The quantitative estimate of drug-likeness (QED) is 0.476. The summed E-state index contributed by atoms with van der Waals surface area (Å²) in [5, 5.41) is 0. The van der Waals surface area contributed by atoms with Crippen molar-refractivity contribution in [2.24, 2.45) is 11.8 Å². The zero-order chi connectivity index (χ0) is 16.8. The second kappa shape index (κ2) is 9.02. The fourth-order valence-electron chi connectivity index (χ4n) is 5.14. The summed E-state index contributed by atoms with van der Waals surface area (Å²) in [6.07, 6.45) is 17.0. The van der Waals surface area contributed by atoms with Crippen molar-refractivity contribution >= 4 is 0 Å². The standard InChI is InChI=1S/C23H35F/c1-2-3-5-8-18-11-16-22(23(24)17-18)21-14-12-20(13-15-21)19-9-6-4-7-10-19/h11,16-17,19-21H,2-10,12-15H2,1H3. The third-order valence-corrected chi connectivity index (χ3v) is 6.66. The maximum atomic E-state index is 14.6. The summed E-state index contributed by atoms with van der Waals surface area (Å²) < 4.78 is 14.6. The van der Waals surface area contributed by atoms with Crippen molar-refractivity contribution in [2.75, 3.05) is 0 Å². The lowest BCUT2D eigenvalue weighted by Crippen LogP contribution is -2.23. The molecule has 0 nitrogen and oxygen atoms in total. The number of halogens is 1. The highest BCUT2D eigenvalue weighted by atomic mass is 19.1. The van der Waals surface area contributed by atoms with Crippen molar-refractivity contribution in [3.05, 3.63) is 35.1 Å². The Kier molecular flexibility index (Phi) is 6.75. The van der Waals surface area contributed by atoms with Gasteiger partial charge in [-0.05, 0) is 73.5 Å². The molecule has 0 amide bonds. The van der Waals surface area contributed by atoms with Crippen molar-refractivity contribution in [3.63, 3.8) is 0 Å². The first-order valence-corrected chi connectivity index (χ1v) is 10.6. The average Bonchev–Trinajstić information content (AvgIpc) is 2.63. The minimum absolute atomic E-state index is 0.0603. The van der Waals surface area contributed by atoms with Crippen LogP contribution < -0.4 is 0 Å². The molecule has 0 atom stereocenters. The second-order valence-electron chi connectivity index (χ2n) is 8.32. The van der Waals surface area contributed by atoms with Gasteiger partial charge in [0.25, 0.3) is 0 Å². The molecule has 1 aromatic rings. The summed E-state index contributed by atoms with van der Waals surface area (Å²) in [5.74, 6) is 2.43. The Labute approximate surface area is 148 Å². The number of hydrogen-bond acceptors (Lipinski definition) is 0. The van der Waals surface area contributed by atoms with Gasteiger partial charge in [-0.15, -0.1) is 0 Å². The predicted octanol–water partition coefficient (Wildman–Crippen LogP) is 7.41. The fraction of sp³-hybridized carbons (Fsp3) is 0.739. The Bertz CT molecular complexity index is 493. The minimum Gasteiger partial charge on any atom is -0.207 e. The molecular weight excluding hydrogens is 295 g/mol. The van der Waals surface area contributed by atoms with Crippen LogP contribution in [0, 0.1) is 17.7 Å². The van der Waals surface area contributed by atoms with Crippen molar-refractivity contribution in [3.8, 4) is 0 Å². The molecular formula is C23H35F. The number of benzene rings is 1. The van der Waals surface area contributed by atoms with E-state index >= 15 is 0 Å². The molecule has 0 aliphatic heterocycles. The van der Waals surface area contributed by atoms with Gasteiger partial charge < -0.3 is 0 Å². The molecule has 0 heterocycles. The van der Waals surface area contributed by atoms with Gasteiger partial charge in [-0.3, -0.25) is 0 Å².